The van der Waals surface area contributed by atoms with E-state index < -0.39 is 5.91 Å². The fraction of sp³-hybridized carbons (Fsp3) is 0. The number of phenolic OH excluding ortho intramolecular Hbond substituents is 1. The number of rotatable bonds is 4. The first-order chi connectivity index (χ1) is 12.1. The normalized spacial score (nSPS) is 10.2. The summed E-state index contributed by atoms with van der Waals surface area (Å²) in [6, 6.07) is 20.2. The predicted octanol–water partition coefficient (Wildman–Crippen LogP) is 3.41. The van der Waals surface area contributed by atoms with Crippen LogP contribution in [0.1, 0.15) is 20.7 Å². The fourth-order valence-electron chi connectivity index (χ4n) is 2.55. The summed E-state index contributed by atoms with van der Waals surface area (Å²) in [5, 5.41) is 12.9. The van der Waals surface area contributed by atoms with Gasteiger partial charge in [0, 0.05) is 22.4 Å². The largest absolute Gasteiger partial charge is 0.507 e. The number of anilines is 1. The van der Waals surface area contributed by atoms with Gasteiger partial charge in [-0.2, -0.15) is 0 Å². The van der Waals surface area contributed by atoms with Crippen molar-refractivity contribution < 1.29 is 14.7 Å². The molecule has 5 heteroatoms. The lowest BCUT2D eigenvalue weighted by atomic mass is 9.96. The molecular weight excluding hydrogens is 316 g/mol. The maximum absolute atomic E-state index is 12.5. The van der Waals surface area contributed by atoms with Crippen molar-refractivity contribution in [3.63, 3.8) is 0 Å². The van der Waals surface area contributed by atoms with Crippen LogP contribution in [0, 0.1) is 0 Å². The minimum atomic E-state index is -0.631. The Labute approximate surface area is 144 Å². The molecule has 0 unspecified atom stereocenters. The maximum Gasteiger partial charge on any atom is 0.255 e. The van der Waals surface area contributed by atoms with E-state index in [4.69, 9.17) is 5.73 Å². The number of amides is 2. The number of para-hydroxylation sites is 2. The van der Waals surface area contributed by atoms with Crippen molar-refractivity contribution in [3.05, 3.63) is 83.9 Å². The summed E-state index contributed by atoms with van der Waals surface area (Å²) in [7, 11) is 0. The van der Waals surface area contributed by atoms with E-state index in [1.807, 2.05) is 18.2 Å². The molecule has 3 aromatic rings. The second kappa shape index (κ2) is 6.88. The van der Waals surface area contributed by atoms with E-state index in [0.29, 0.717) is 22.4 Å². The monoisotopic (exact) mass is 332 g/mol. The zero-order valence-electron chi connectivity index (χ0n) is 13.3. The van der Waals surface area contributed by atoms with Crippen LogP contribution in [0.3, 0.4) is 0 Å². The molecule has 0 saturated carbocycles. The molecule has 25 heavy (non-hydrogen) atoms. The third-order valence-corrected chi connectivity index (χ3v) is 3.77. The minimum absolute atomic E-state index is 0.00520. The Morgan fingerprint density at radius 2 is 1.52 bits per heavy atom. The van der Waals surface area contributed by atoms with Crippen LogP contribution in [0.5, 0.6) is 5.75 Å². The summed E-state index contributed by atoms with van der Waals surface area (Å²) in [6.07, 6.45) is 0. The van der Waals surface area contributed by atoms with E-state index in [2.05, 4.69) is 5.32 Å². The smallest absolute Gasteiger partial charge is 0.255 e. The average molecular weight is 332 g/mol. The van der Waals surface area contributed by atoms with Gasteiger partial charge in [-0.25, -0.2) is 0 Å². The quantitative estimate of drug-likeness (QED) is 0.683. The summed E-state index contributed by atoms with van der Waals surface area (Å²) in [5.41, 5.74) is 7.53. The van der Waals surface area contributed by atoms with E-state index in [9.17, 15) is 14.7 Å². The van der Waals surface area contributed by atoms with Crippen molar-refractivity contribution in [2.45, 2.75) is 0 Å². The van der Waals surface area contributed by atoms with Gasteiger partial charge in [0.2, 0.25) is 5.91 Å². The lowest BCUT2D eigenvalue weighted by Crippen LogP contribution is -2.15. The molecule has 2 amide bonds. The van der Waals surface area contributed by atoms with Crippen LogP contribution in [-0.4, -0.2) is 16.9 Å². The molecule has 0 aromatic heterocycles. The molecule has 3 rings (SSSR count). The molecule has 3 aromatic carbocycles. The SMILES string of the molecule is NC(=O)c1ccc(C(=O)Nc2ccccc2)cc1-c1ccccc1O. The third-order valence-electron chi connectivity index (χ3n) is 3.77. The molecule has 0 bridgehead atoms. The van der Waals surface area contributed by atoms with Crippen molar-refractivity contribution in [1.82, 2.24) is 0 Å². The van der Waals surface area contributed by atoms with Gasteiger partial charge >= 0.3 is 0 Å². The van der Waals surface area contributed by atoms with Gasteiger partial charge in [-0.05, 0) is 42.0 Å². The molecule has 0 saturated heterocycles. The van der Waals surface area contributed by atoms with Crippen LogP contribution >= 0.6 is 0 Å². The summed E-state index contributed by atoms with van der Waals surface area (Å²) < 4.78 is 0. The molecule has 0 aliphatic carbocycles. The number of carbonyl (C=O) groups excluding carboxylic acids is 2. The lowest BCUT2D eigenvalue weighted by molar-refractivity contribution is 0.0996. The maximum atomic E-state index is 12.5. The van der Waals surface area contributed by atoms with E-state index in [-0.39, 0.29) is 17.2 Å². The van der Waals surface area contributed by atoms with Crippen LogP contribution in [0.15, 0.2) is 72.8 Å². The average Bonchev–Trinajstić information content (AvgIpc) is 2.62. The number of nitrogens with one attached hydrogen (secondary N) is 1. The first-order valence-corrected chi connectivity index (χ1v) is 7.65. The van der Waals surface area contributed by atoms with Crippen LogP contribution in [-0.2, 0) is 0 Å². The number of nitrogens with two attached hydrogens (primary N) is 1. The highest BCUT2D eigenvalue weighted by Crippen LogP contribution is 2.32. The lowest BCUT2D eigenvalue weighted by Gasteiger charge is -2.12. The zero-order valence-corrected chi connectivity index (χ0v) is 13.3. The highest BCUT2D eigenvalue weighted by Gasteiger charge is 2.16. The minimum Gasteiger partial charge on any atom is -0.507 e. The number of hydrogen-bond donors (Lipinski definition) is 3. The topological polar surface area (TPSA) is 92.4 Å². The molecule has 0 fully saturated rings. The molecule has 124 valence electrons. The van der Waals surface area contributed by atoms with Crippen molar-refractivity contribution in [1.29, 1.82) is 0 Å². The molecule has 0 heterocycles. The Balaban J connectivity index is 2.03. The summed E-state index contributed by atoms with van der Waals surface area (Å²) in [4.78, 5) is 24.2. The van der Waals surface area contributed by atoms with Crippen molar-refractivity contribution in [3.8, 4) is 16.9 Å². The van der Waals surface area contributed by atoms with Gasteiger partial charge in [-0.15, -0.1) is 0 Å². The zero-order chi connectivity index (χ0) is 17.8. The summed E-state index contributed by atoms with van der Waals surface area (Å²) in [6.45, 7) is 0. The molecule has 0 spiro atoms. The Kier molecular flexibility index (Phi) is 4.48. The van der Waals surface area contributed by atoms with Crippen molar-refractivity contribution >= 4 is 17.5 Å². The highest BCUT2D eigenvalue weighted by atomic mass is 16.3. The molecule has 5 nitrogen and oxygen atoms in total. The first kappa shape index (κ1) is 16.3. The molecule has 0 atom stereocenters. The summed E-state index contributed by atoms with van der Waals surface area (Å²) >= 11 is 0. The van der Waals surface area contributed by atoms with Crippen LogP contribution in [0.4, 0.5) is 5.69 Å². The van der Waals surface area contributed by atoms with Gasteiger partial charge in [0.1, 0.15) is 5.75 Å². The highest BCUT2D eigenvalue weighted by molar-refractivity contribution is 6.07. The van der Waals surface area contributed by atoms with E-state index in [1.54, 1.807) is 36.4 Å². The van der Waals surface area contributed by atoms with Crippen LogP contribution < -0.4 is 11.1 Å². The van der Waals surface area contributed by atoms with Crippen molar-refractivity contribution in [2.75, 3.05) is 5.32 Å². The van der Waals surface area contributed by atoms with Crippen LogP contribution in [0.2, 0.25) is 0 Å². The number of primary amides is 1. The molecule has 0 aliphatic rings. The first-order valence-electron chi connectivity index (χ1n) is 7.65. The molecule has 4 N–H and O–H groups in total. The van der Waals surface area contributed by atoms with Gasteiger partial charge in [0.15, 0.2) is 0 Å². The number of phenols is 1. The number of aromatic hydroxyl groups is 1. The molecule has 0 aliphatic heterocycles. The van der Waals surface area contributed by atoms with E-state index in [1.165, 1.54) is 18.2 Å². The predicted molar refractivity (Wildman–Crippen MR) is 96.5 cm³/mol. The fourth-order valence-corrected chi connectivity index (χ4v) is 2.55. The van der Waals surface area contributed by atoms with Crippen molar-refractivity contribution in [2.24, 2.45) is 5.73 Å². The Morgan fingerprint density at radius 1 is 0.840 bits per heavy atom. The third kappa shape index (κ3) is 3.50. The molecular formula is C20H16N2O3. The van der Waals surface area contributed by atoms with Gasteiger partial charge in [-0.1, -0.05) is 36.4 Å². The summed E-state index contributed by atoms with van der Waals surface area (Å²) in [5.74, 6) is -0.947. The second-order valence-electron chi connectivity index (χ2n) is 5.46. The van der Waals surface area contributed by atoms with E-state index >= 15 is 0 Å². The Morgan fingerprint density at radius 3 is 2.20 bits per heavy atom. The number of carbonyl (C=O) groups is 2. The Bertz CT molecular complexity index is 937. The van der Waals surface area contributed by atoms with E-state index in [0.717, 1.165) is 0 Å². The van der Waals surface area contributed by atoms with Gasteiger partial charge in [-0.3, -0.25) is 9.59 Å². The van der Waals surface area contributed by atoms with Gasteiger partial charge < -0.3 is 16.2 Å². The molecule has 0 radical (unpaired) electrons. The van der Waals surface area contributed by atoms with Gasteiger partial charge in [0.05, 0.1) is 0 Å². The number of hydrogen-bond acceptors (Lipinski definition) is 3. The second-order valence-corrected chi connectivity index (χ2v) is 5.46. The Hall–Kier alpha value is -3.60. The van der Waals surface area contributed by atoms with Crippen LogP contribution in [0.25, 0.3) is 11.1 Å². The standard InChI is InChI=1S/C20H16N2O3/c21-19(24)16-11-10-13(20(25)22-14-6-2-1-3-7-14)12-17(16)15-8-4-5-9-18(15)23/h1-12,23H,(H2,21,24)(H,22,25). The number of benzene rings is 3. The van der Waals surface area contributed by atoms with Gasteiger partial charge in [0.25, 0.3) is 5.91 Å².